The van der Waals surface area contributed by atoms with Gasteiger partial charge in [0.1, 0.15) is 5.82 Å². The van der Waals surface area contributed by atoms with Crippen molar-refractivity contribution in [3.05, 3.63) is 30.9 Å². The maximum Gasteiger partial charge on any atom is 0.139 e. The average Bonchev–Trinajstić information content (AvgIpc) is 2.30. The Bertz CT molecular complexity index is 295. The molecule has 1 aromatic rings. The highest BCUT2D eigenvalue weighted by Gasteiger charge is 2.02. The molecule has 0 aliphatic heterocycles. The van der Waals surface area contributed by atoms with Crippen molar-refractivity contribution in [1.82, 2.24) is 9.55 Å². The van der Waals surface area contributed by atoms with Crippen molar-refractivity contribution < 1.29 is 0 Å². The van der Waals surface area contributed by atoms with Crippen molar-refractivity contribution in [1.29, 1.82) is 0 Å². The molecule has 1 heterocycles. The van der Waals surface area contributed by atoms with Crippen LogP contribution in [0.3, 0.4) is 0 Å². The molecule has 58 valence electrons. The molecule has 1 aromatic heterocycles. The Kier molecular flexibility index (Phi) is 1.94. The van der Waals surface area contributed by atoms with Crippen molar-refractivity contribution in [3.63, 3.8) is 0 Å². The third-order valence-corrected chi connectivity index (χ3v) is 1.55. The van der Waals surface area contributed by atoms with Crippen LogP contribution in [0.5, 0.6) is 0 Å². The Balaban J connectivity index is 3.26. The van der Waals surface area contributed by atoms with Crippen molar-refractivity contribution in [2.45, 2.75) is 13.8 Å². The number of hydrogen-bond donors (Lipinski definition) is 0. The molecule has 0 bridgehead atoms. The molecule has 1 rings (SSSR count). The van der Waals surface area contributed by atoms with Gasteiger partial charge in [0.05, 0.1) is 0 Å². The van der Waals surface area contributed by atoms with Gasteiger partial charge in [0, 0.05) is 18.1 Å². The minimum absolute atomic E-state index is 0.887. The zero-order valence-electron chi connectivity index (χ0n) is 6.96. The highest BCUT2D eigenvalue weighted by atomic mass is 15.1. The van der Waals surface area contributed by atoms with Crippen LogP contribution in [0, 0.1) is 6.92 Å². The smallest absolute Gasteiger partial charge is 0.139 e. The SMILES string of the molecule is C=Cn1c(C)cnc1C(=C)C. The number of nitrogens with zero attached hydrogens (tertiary/aromatic N) is 2. The second kappa shape index (κ2) is 2.74. The van der Waals surface area contributed by atoms with Gasteiger partial charge < -0.3 is 4.57 Å². The van der Waals surface area contributed by atoms with Crippen LogP contribution in [0.4, 0.5) is 0 Å². The summed E-state index contributed by atoms with van der Waals surface area (Å²) < 4.78 is 1.92. The van der Waals surface area contributed by atoms with E-state index in [9.17, 15) is 0 Å². The lowest BCUT2D eigenvalue weighted by Gasteiger charge is -2.01. The summed E-state index contributed by atoms with van der Waals surface area (Å²) in [5.74, 6) is 0.887. The van der Waals surface area contributed by atoms with Gasteiger partial charge in [-0.05, 0) is 19.4 Å². The van der Waals surface area contributed by atoms with E-state index in [1.807, 2.05) is 24.6 Å². The number of rotatable bonds is 2. The first-order valence-corrected chi connectivity index (χ1v) is 3.49. The van der Waals surface area contributed by atoms with Crippen LogP contribution in [0.25, 0.3) is 11.8 Å². The predicted octanol–water partition coefficient (Wildman–Crippen LogP) is 2.33. The largest absolute Gasteiger partial charge is 0.305 e. The lowest BCUT2D eigenvalue weighted by atomic mass is 10.3. The minimum Gasteiger partial charge on any atom is -0.305 e. The Morgan fingerprint density at radius 2 is 2.36 bits per heavy atom. The zero-order valence-corrected chi connectivity index (χ0v) is 6.96. The number of hydrogen-bond acceptors (Lipinski definition) is 1. The van der Waals surface area contributed by atoms with E-state index in [0.29, 0.717) is 0 Å². The van der Waals surface area contributed by atoms with Gasteiger partial charge in [-0.15, -0.1) is 0 Å². The average molecular weight is 148 g/mol. The van der Waals surface area contributed by atoms with E-state index >= 15 is 0 Å². The Morgan fingerprint density at radius 3 is 2.73 bits per heavy atom. The van der Waals surface area contributed by atoms with E-state index in [0.717, 1.165) is 17.1 Å². The van der Waals surface area contributed by atoms with Crippen molar-refractivity contribution in [3.8, 4) is 0 Å². The maximum atomic E-state index is 4.18. The summed E-state index contributed by atoms with van der Waals surface area (Å²) in [6.07, 6.45) is 3.55. The Hall–Kier alpha value is -1.31. The monoisotopic (exact) mass is 148 g/mol. The van der Waals surface area contributed by atoms with Crippen LogP contribution < -0.4 is 0 Å². The molecular formula is C9H12N2. The van der Waals surface area contributed by atoms with Gasteiger partial charge in [-0.25, -0.2) is 4.98 Å². The number of aromatic nitrogens is 2. The second-order valence-corrected chi connectivity index (χ2v) is 2.56. The van der Waals surface area contributed by atoms with Crippen LogP contribution in [0.2, 0.25) is 0 Å². The number of allylic oxidation sites excluding steroid dienone is 1. The van der Waals surface area contributed by atoms with Crippen LogP contribution in [0.15, 0.2) is 19.4 Å². The standard InChI is InChI=1S/C9H12N2/c1-5-11-8(4)6-10-9(11)7(2)3/h5-6H,1-2H2,3-4H3. The van der Waals surface area contributed by atoms with Crippen LogP contribution in [-0.4, -0.2) is 9.55 Å². The summed E-state index contributed by atoms with van der Waals surface area (Å²) in [7, 11) is 0. The second-order valence-electron chi connectivity index (χ2n) is 2.56. The number of aryl methyl sites for hydroxylation is 1. The molecule has 0 unspecified atom stereocenters. The summed E-state index contributed by atoms with van der Waals surface area (Å²) in [4.78, 5) is 4.18. The van der Waals surface area contributed by atoms with Gasteiger partial charge in [-0.1, -0.05) is 13.2 Å². The summed E-state index contributed by atoms with van der Waals surface area (Å²) in [5, 5.41) is 0. The van der Waals surface area contributed by atoms with Crippen LogP contribution in [-0.2, 0) is 0 Å². The normalized spacial score (nSPS) is 9.64. The van der Waals surface area contributed by atoms with Gasteiger partial charge in [-0.3, -0.25) is 0 Å². The molecule has 2 heteroatoms. The minimum atomic E-state index is 0.887. The van der Waals surface area contributed by atoms with Crippen LogP contribution >= 0.6 is 0 Å². The van der Waals surface area contributed by atoms with E-state index < -0.39 is 0 Å². The zero-order chi connectivity index (χ0) is 8.43. The van der Waals surface area contributed by atoms with E-state index in [4.69, 9.17) is 0 Å². The fourth-order valence-electron chi connectivity index (χ4n) is 0.992. The van der Waals surface area contributed by atoms with Crippen LogP contribution in [0.1, 0.15) is 18.4 Å². The molecule has 0 aliphatic rings. The van der Waals surface area contributed by atoms with Gasteiger partial charge in [0.2, 0.25) is 0 Å². The maximum absolute atomic E-state index is 4.18. The summed E-state index contributed by atoms with van der Waals surface area (Å²) >= 11 is 0. The van der Waals surface area contributed by atoms with Crippen molar-refractivity contribution in [2.24, 2.45) is 0 Å². The first kappa shape index (κ1) is 7.79. The topological polar surface area (TPSA) is 17.8 Å². The molecule has 0 aliphatic carbocycles. The van der Waals surface area contributed by atoms with Crippen molar-refractivity contribution in [2.75, 3.05) is 0 Å². The molecule has 0 spiro atoms. The summed E-state index contributed by atoms with van der Waals surface area (Å²) in [6, 6.07) is 0. The fourth-order valence-corrected chi connectivity index (χ4v) is 0.992. The van der Waals surface area contributed by atoms with E-state index in [-0.39, 0.29) is 0 Å². The molecule has 0 atom stereocenters. The molecule has 2 nitrogen and oxygen atoms in total. The number of imidazole rings is 1. The van der Waals surface area contributed by atoms with Gasteiger partial charge in [0.15, 0.2) is 0 Å². The first-order chi connectivity index (χ1) is 5.16. The third kappa shape index (κ3) is 1.24. The Morgan fingerprint density at radius 1 is 1.73 bits per heavy atom. The fraction of sp³-hybridized carbons (Fsp3) is 0.222. The van der Waals surface area contributed by atoms with Gasteiger partial charge in [0.25, 0.3) is 0 Å². The lowest BCUT2D eigenvalue weighted by molar-refractivity contribution is 1.04. The lowest BCUT2D eigenvalue weighted by Crippen LogP contribution is -1.94. The first-order valence-electron chi connectivity index (χ1n) is 3.49. The Labute approximate surface area is 66.9 Å². The molecule has 0 N–H and O–H groups in total. The quantitative estimate of drug-likeness (QED) is 0.629. The molecule has 0 aromatic carbocycles. The molecular weight excluding hydrogens is 136 g/mol. The van der Waals surface area contributed by atoms with E-state index in [1.165, 1.54) is 0 Å². The van der Waals surface area contributed by atoms with Crippen molar-refractivity contribution >= 4 is 11.8 Å². The van der Waals surface area contributed by atoms with Gasteiger partial charge in [-0.2, -0.15) is 0 Å². The summed E-state index contributed by atoms with van der Waals surface area (Å²) in [5.41, 5.74) is 2.04. The molecule has 11 heavy (non-hydrogen) atoms. The summed E-state index contributed by atoms with van der Waals surface area (Å²) in [6.45, 7) is 11.4. The molecule has 0 amide bonds. The molecule has 0 radical (unpaired) electrons. The highest BCUT2D eigenvalue weighted by Crippen LogP contribution is 2.11. The highest BCUT2D eigenvalue weighted by molar-refractivity contribution is 5.57. The molecule has 0 saturated heterocycles. The molecule has 0 saturated carbocycles. The van der Waals surface area contributed by atoms with Gasteiger partial charge >= 0.3 is 0 Å². The predicted molar refractivity (Wildman–Crippen MR) is 48.1 cm³/mol. The van der Waals surface area contributed by atoms with E-state index in [1.54, 1.807) is 6.20 Å². The molecule has 0 fully saturated rings. The third-order valence-electron chi connectivity index (χ3n) is 1.55. The van der Waals surface area contributed by atoms with E-state index in [2.05, 4.69) is 18.1 Å².